The number of nitrogens with zero attached hydrogens (tertiary/aromatic N) is 2. The molecule has 1 saturated heterocycles. The number of anilines is 1. The average molecular weight is 574 g/mol. The Labute approximate surface area is 201 Å². The normalized spacial score (nSPS) is 28.7. The van der Waals surface area contributed by atoms with E-state index in [-0.39, 0.29) is 17.0 Å². The highest BCUT2D eigenvalue weighted by Gasteiger charge is 2.58. The number of ether oxygens (including phenoxy) is 1. The zero-order valence-electron chi connectivity index (χ0n) is 18.2. The van der Waals surface area contributed by atoms with Crippen molar-refractivity contribution in [3.05, 3.63) is 22.6 Å². The fraction of sp³-hybridized carbons (Fsp3) is 0.467. The summed E-state index contributed by atoms with van der Waals surface area (Å²) >= 11 is 0. The first-order valence-corrected chi connectivity index (χ1v) is 14.1. The molecule has 2 aromatic heterocycles. The number of aliphatic hydroxyl groups excluding tert-OH is 1. The fourth-order valence-electron chi connectivity index (χ4n) is 3.52. The van der Waals surface area contributed by atoms with Crippen LogP contribution in [0.15, 0.2) is 17.1 Å². The van der Waals surface area contributed by atoms with Gasteiger partial charge in [-0.15, -0.1) is 5.92 Å². The molecule has 4 unspecified atom stereocenters. The Kier molecular flexibility index (Phi) is 7.75. The van der Waals surface area contributed by atoms with E-state index in [1.807, 2.05) is 0 Å². The summed E-state index contributed by atoms with van der Waals surface area (Å²) in [7, 11) is -17.0. The SMILES string of the molecule is CC#C[C@@]1(O)C(O)C([C@@H](C)OP(=O)(O)OP(=O)(O)OP(=O)(O)O)O[C@H]1n1ccc2c(=O)[nH]c(N)nc21. The average Bonchev–Trinajstić information content (AvgIpc) is 3.18. The van der Waals surface area contributed by atoms with Crippen molar-refractivity contribution in [2.45, 2.75) is 44.0 Å². The molecule has 1 aliphatic heterocycles. The second-order valence-electron chi connectivity index (χ2n) is 7.41. The molecule has 0 bridgehead atoms. The van der Waals surface area contributed by atoms with Gasteiger partial charge < -0.3 is 44.8 Å². The lowest BCUT2D eigenvalue weighted by Gasteiger charge is -2.27. The Morgan fingerprint density at radius 3 is 2.47 bits per heavy atom. The van der Waals surface area contributed by atoms with Crippen molar-refractivity contribution in [2.24, 2.45) is 0 Å². The van der Waals surface area contributed by atoms with E-state index in [4.69, 9.17) is 20.3 Å². The van der Waals surface area contributed by atoms with E-state index >= 15 is 0 Å². The number of phosphoric acid groups is 3. The van der Waals surface area contributed by atoms with Crippen LogP contribution < -0.4 is 11.3 Å². The lowest BCUT2D eigenvalue weighted by Crippen LogP contribution is -2.47. The molecule has 0 saturated carbocycles. The fourth-order valence-corrected chi connectivity index (χ4v) is 6.72. The summed E-state index contributed by atoms with van der Waals surface area (Å²) in [6.45, 7) is 2.38. The van der Waals surface area contributed by atoms with Crippen LogP contribution in [-0.2, 0) is 31.6 Å². The van der Waals surface area contributed by atoms with E-state index in [1.165, 1.54) is 19.2 Å². The van der Waals surface area contributed by atoms with Gasteiger partial charge in [-0.1, -0.05) is 5.92 Å². The van der Waals surface area contributed by atoms with Crippen molar-refractivity contribution in [2.75, 3.05) is 5.73 Å². The molecule has 2 aromatic rings. The second-order valence-corrected chi connectivity index (χ2v) is 11.8. The van der Waals surface area contributed by atoms with Gasteiger partial charge in [-0.05, 0) is 19.9 Å². The second kappa shape index (κ2) is 9.75. The van der Waals surface area contributed by atoms with Gasteiger partial charge in [-0.3, -0.25) is 14.3 Å². The van der Waals surface area contributed by atoms with Crippen LogP contribution in [0.3, 0.4) is 0 Å². The molecule has 9 N–H and O–H groups in total. The molecule has 0 radical (unpaired) electrons. The largest absolute Gasteiger partial charge is 0.490 e. The molecule has 7 atom stereocenters. The van der Waals surface area contributed by atoms with Gasteiger partial charge in [0, 0.05) is 6.20 Å². The van der Waals surface area contributed by atoms with Crippen LogP contribution >= 0.6 is 23.5 Å². The van der Waals surface area contributed by atoms with E-state index in [2.05, 4.69) is 35.0 Å². The van der Waals surface area contributed by atoms with Gasteiger partial charge in [0.05, 0.1) is 11.5 Å². The Bertz CT molecular complexity index is 1420. The third-order valence-corrected chi connectivity index (χ3v) is 8.71. The number of aromatic amines is 1. The third-order valence-electron chi connectivity index (χ3n) is 4.78. The van der Waals surface area contributed by atoms with Crippen LogP contribution in [0.4, 0.5) is 5.95 Å². The maximum Gasteiger partial charge on any atom is 0.490 e. The molecule has 36 heavy (non-hydrogen) atoms. The highest BCUT2D eigenvalue weighted by molar-refractivity contribution is 7.66. The number of rotatable bonds is 8. The molecule has 0 amide bonds. The topological polar surface area (TPSA) is 286 Å². The minimum absolute atomic E-state index is 0.0406. The summed E-state index contributed by atoms with van der Waals surface area (Å²) in [5.74, 6) is 4.51. The van der Waals surface area contributed by atoms with Crippen LogP contribution in [0.2, 0.25) is 0 Å². The molecular formula is C15H21N4O14P3. The lowest BCUT2D eigenvalue weighted by molar-refractivity contribution is -0.0829. The molecule has 1 fully saturated rings. The maximum absolute atomic E-state index is 12.2. The van der Waals surface area contributed by atoms with Crippen LogP contribution in [0, 0.1) is 11.8 Å². The summed E-state index contributed by atoms with van der Waals surface area (Å²) in [6, 6.07) is 1.32. The lowest BCUT2D eigenvalue weighted by atomic mass is 9.93. The van der Waals surface area contributed by atoms with Gasteiger partial charge >= 0.3 is 23.5 Å². The zero-order chi connectivity index (χ0) is 27.3. The summed E-state index contributed by atoms with van der Waals surface area (Å²) < 4.78 is 53.3. The highest BCUT2D eigenvalue weighted by Crippen LogP contribution is 2.66. The molecule has 200 valence electrons. The molecule has 1 aliphatic rings. The molecular weight excluding hydrogens is 553 g/mol. The first-order valence-electron chi connectivity index (χ1n) is 9.57. The number of phosphoric ester groups is 1. The van der Waals surface area contributed by atoms with Crippen molar-refractivity contribution >= 4 is 40.4 Å². The third kappa shape index (κ3) is 5.96. The van der Waals surface area contributed by atoms with Crippen molar-refractivity contribution in [3.8, 4) is 11.8 Å². The van der Waals surface area contributed by atoms with Gasteiger partial charge in [-0.2, -0.15) is 13.6 Å². The number of nitrogens with two attached hydrogens (primary N) is 1. The number of hydrogen-bond donors (Lipinski definition) is 8. The van der Waals surface area contributed by atoms with E-state index < -0.39 is 59.2 Å². The van der Waals surface area contributed by atoms with Crippen LogP contribution in [-0.4, -0.2) is 68.2 Å². The molecule has 3 heterocycles. The molecule has 0 aromatic carbocycles. The monoisotopic (exact) mass is 574 g/mol. The minimum atomic E-state index is -5.80. The zero-order valence-corrected chi connectivity index (χ0v) is 20.9. The summed E-state index contributed by atoms with van der Waals surface area (Å²) in [6.07, 6.45) is -5.61. The molecule has 21 heteroatoms. The van der Waals surface area contributed by atoms with Crippen LogP contribution in [0.25, 0.3) is 11.0 Å². The van der Waals surface area contributed by atoms with E-state index in [1.54, 1.807) is 0 Å². The van der Waals surface area contributed by atoms with Crippen molar-refractivity contribution in [3.63, 3.8) is 0 Å². The number of aliphatic hydroxyl groups is 2. The number of hydrogen-bond acceptors (Lipinski definition) is 12. The smallest absolute Gasteiger partial charge is 0.386 e. The number of fused-ring (bicyclic) bond motifs is 1. The van der Waals surface area contributed by atoms with E-state index in [9.17, 15) is 38.5 Å². The van der Waals surface area contributed by atoms with Crippen molar-refractivity contribution < 1.29 is 61.4 Å². The number of aromatic nitrogens is 3. The Morgan fingerprint density at radius 1 is 1.25 bits per heavy atom. The number of nitrogens with one attached hydrogen (secondary N) is 1. The minimum Gasteiger partial charge on any atom is -0.386 e. The molecule has 18 nitrogen and oxygen atoms in total. The van der Waals surface area contributed by atoms with E-state index in [0.29, 0.717) is 0 Å². The maximum atomic E-state index is 12.2. The van der Waals surface area contributed by atoms with Gasteiger partial charge in [0.25, 0.3) is 5.56 Å². The van der Waals surface area contributed by atoms with E-state index in [0.717, 1.165) is 11.5 Å². The summed E-state index contributed by atoms with van der Waals surface area (Å²) in [5.41, 5.74) is 2.50. The molecule has 0 aliphatic carbocycles. The predicted octanol–water partition coefficient (Wildman–Crippen LogP) is -0.949. The Hall–Kier alpha value is -1.93. The Balaban J connectivity index is 1.92. The molecule has 3 rings (SSSR count). The number of H-pyrrole nitrogens is 1. The van der Waals surface area contributed by atoms with Crippen molar-refractivity contribution in [1.29, 1.82) is 0 Å². The highest BCUT2D eigenvalue weighted by atomic mass is 31.3. The predicted molar refractivity (Wildman–Crippen MR) is 117 cm³/mol. The Morgan fingerprint density at radius 2 is 1.89 bits per heavy atom. The van der Waals surface area contributed by atoms with Crippen LogP contribution in [0.5, 0.6) is 0 Å². The van der Waals surface area contributed by atoms with Gasteiger partial charge in [0.2, 0.25) is 5.95 Å². The first-order chi connectivity index (χ1) is 16.4. The molecule has 0 spiro atoms. The van der Waals surface area contributed by atoms with Gasteiger partial charge in [0.15, 0.2) is 17.5 Å². The number of nitrogen functional groups attached to an aromatic ring is 1. The summed E-state index contributed by atoms with van der Waals surface area (Å²) in [5, 5.41) is 22.1. The van der Waals surface area contributed by atoms with Gasteiger partial charge in [0.1, 0.15) is 12.2 Å². The van der Waals surface area contributed by atoms with Gasteiger partial charge in [-0.25, -0.2) is 13.7 Å². The quantitative estimate of drug-likeness (QED) is 0.139. The first kappa shape index (κ1) is 28.6. The standard InChI is InChI=1S/C15H21N4O14P3/c1-3-5-15(22)10(20)9(7(2)31-35(26,27)33-36(28,29)32-34(23,24)25)30-13(15)19-6-4-8-11(19)17-14(16)18-12(8)21/h4,6-7,9-10,13,20,22H,1-2H3,(H,26,27)(H,28,29)(H2,23,24,25)(H3,16,17,18,21)/t7-,9?,10?,13-,15-/m1/s1. The summed E-state index contributed by atoms with van der Waals surface area (Å²) in [4.78, 5) is 54.7. The van der Waals surface area contributed by atoms with Crippen LogP contribution in [0.1, 0.15) is 20.1 Å². The van der Waals surface area contributed by atoms with Crippen molar-refractivity contribution in [1.82, 2.24) is 14.5 Å².